The Hall–Kier alpha value is -2.95. The number of nitrogen functional groups attached to an aromatic ring is 1. The molecule has 0 bridgehead atoms. The second-order valence-corrected chi connectivity index (χ2v) is 8.44. The number of nitrogens with two attached hydrogens (primary N) is 1. The van der Waals surface area contributed by atoms with Crippen LogP contribution in [0.25, 0.3) is 11.0 Å². The molecule has 0 spiro atoms. The van der Waals surface area contributed by atoms with Crippen LogP contribution in [0.15, 0.2) is 24.4 Å². The fourth-order valence-electron chi connectivity index (χ4n) is 4.09. The van der Waals surface area contributed by atoms with Crippen molar-refractivity contribution in [2.24, 2.45) is 0 Å². The molecule has 1 atom stereocenters. The molecule has 2 aromatic heterocycles. The van der Waals surface area contributed by atoms with Crippen molar-refractivity contribution in [1.82, 2.24) is 25.1 Å². The zero-order valence-electron chi connectivity index (χ0n) is 19.3. The van der Waals surface area contributed by atoms with E-state index in [0.29, 0.717) is 30.3 Å². The van der Waals surface area contributed by atoms with Gasteiger partial charge in [0.1, 0.15) is 16.8 Å². The quantitative estimate of drug-likeness (QED) is 0.362. The highest BCUT2D eigenvalue weighted by atomic mass is 16.5. The lowest BCUT2D eigenvalue weighted by Gasteiger charge is -2.23. The van der Waals surface area contributed by atoms with Crippen molar-refractivity contribution in [2.45, 2.75) is 51.4 Å². The Kier molecular flexibility index (Phi) is 7.58. The lowest BCUT2D eigenvalue weighted by molar-refractivity contribution is 0.0776. The SMILES string of the molecule is COc1cc(CNC2CCOCC2)ccc1Cn1ncc2nc(N)nc(N[C@@H](C)CCO)c21. The monoisotopic (exact) mass is 455 g/mol. The van der Waals surface area contributed by atoms with E-state index < -0.39 is 0 Å². The van der Waals surface area contributed by atoms with Gasteiger partial charge >= 0.3 is 0 Å². The van der Waals surface area contributed by atoms with Crippen LogP contribution >= 0.6 is 0 Å². The van der Waals surface area contributed by atoms with Gasteiger partial charge in [0.05, 0.1) is 19.9 Å². The van der Waals surface area contributed by atoms with Gasteiger partial charge < -0.3 is 30.9 Å². The first kappa shape index (κ1) is 23.2. The Morgan fingerprint density at radius 1 is 1.30 bits per heavy atom. The standard InChI is InChI=1S/C23H33N7O3/c1-15(5-8-31)27-22-21-19(28-23(24)29-22)13-26-30(21)14-17-4-3-16(11-20(17)32-2)12-25-18-6-9-33-10-7-18/h3-4,11,13,15,18,25,31H,5-10,12,14H2,1-2H3,(H3,24,27,28,29)/t15-/m0/s1. The predicted molar refractivity (Wildman–Crippen MR) is 127 cm³/mol. The van der Waals surface area contributed by atoms with Crippen molar-refractivity contribution in [3.63, 3.8) is 0 Å². The molecule has 178 valence electrons. The van der Waals surface area contributed by atoms with E-state index in [2.05, 4.69) is 43.9 Å². The first-order chi connectivity index (χ1) is 16.1. The molecule has 0 radical (unpaired) electrons. The lowest BCUT2D eigenvalue weighted by Crippen LogP contribution is -2.34. The van der Waals surface area contributed by atoms with Gasteiger partial charge in [-0.15, -0.1) is 0 Å². The number of methoxy groups -OCH3 is 1. The number of nitrogens with one attached hydrogen (secondary N) is 2. The number of fused-ring (bicyclic) bond motifs is 1. The molecule has 0 unspecified atom stereocenters. The molecule has 3 heterocycles. The maximum atomic E-state index is 9.25. The molecule has 0 amide bonds. The molecular formula is C23H33N7O3. The van der Waals surface area contributed by atoms with Crippen molar-refractivity contribution < 1.29 is 14.6 Å². The average molecular weight is 456 g/mol. The van der Waals surface area contributed by atoms with Crippen LogP contribution in [-0.4, -0.2) is 63.9 Å². The number of aliphatic hydroxyl groups is 1. The van der Waals surface area contributed by atoms with Gasteiger partial charge in [-0.1, -0.05) is 12.1 Å². The molecule has 10 nitrogen and oxygen atoms in total. The summed E-state index contributed by atoms with van der Waals surface area (Å²) < 4.78 is 13.0. The van der Waals surface area contributed by atoms with Gasteiger partial charge in [0.25, 0.3) is 0 Å². The smallest absolute Gasteiger partial charge is 0.222 e. The molecule has 0 aliphatic carbocycles. The molecule has 33 heavy (non-hydrogen) atoms. The molecule has 0 saturated carbocycles. The number of aliphatic hydroxyl groups excluding tert-OH is 1. The highest BCUT2D eigenvalue weighted by molar-refractivity contribution is 5.86. The Balaban J connectivity index is 1.54. The normalized spacial score (nSPS) is 15.6. The van der Waals surface area contributed by atoms with Gasteiger partial charge in [-0.25, -0.2) is 4.98 Å². The summed E-state index contributed by atoms with van der Waals surface area (Å²) in [5.41, 5.74) is 9.50. The number of hydrogen-bond acceptors (Lipinski definition) is 9. The Bertz CT molecular complexity index is 1070. The van der Waals surface area contributed by atoms with Gasteiger partial charge in [-0.05, 0) is 37.8 Å². The minimum absolute atomic E-state index is 0.0212. The number of ether oxygens (including phenoxy) is 2. The van der Waals surface area contributed by atoms with Crippen LogP contribution in [0.1, 0.15) is 37.3 Å². The summed E-state index contributed by atoms with van der Waals surface area (Å²) in [7, 11) is 1.68. The number of hydrogen-bond donors (Lipinski definition) is 4. The summed E-state index contributed by atoms with van der Waals surface area (Å²) in [4.78, 5) is 8.71. The Morgan fingerprint density at radius 3 is 2.88 bits per heavy atom. The van der Waals surface area contributed by atoms with Crippen molar-refractivity contribution in [1.29, 1.82) is 0 Å². The third kappa shape index (κ3) is 5.70. The topological polar surface area (TPSA) is 132 Å². The maximum Gasteiger partial charge on any atom is 0.222 e. The molecule has 1 aliphatic rings. The molecule has 3 aromatic rings. The minimum atomic E-state index is 0.0212. The Labute approximate surface area is 193 Å². The third-order valence-corrected chi connectivity index (χ3v) is 5.94. The minimum Gasteiger partial charge on any atom is -0.496 e. The van der Waals surface area contributed by atoms with Crippen molar-refractivity contribution in [2.75, 3.05) is 38.0 Å². The average Bonchev–Trinajstić information content (AvgIpc) is 3.21. The summed E-state index contributed by atoms with van der Waals surface area (Å²) >= 11 is 0. The van der Waals surface area contributed by atoms with Gasteiger partial charge in [0.2, 0.25) is 5.95 Å². The molecule has 1 aromatic carbocycles. The molecule has 1 saturated heterocycles. The number of rotatable bonds is 10. The van der Waals surface area contributed by atoms with E-state index in [-0.39, 0.29) is 18.6 Å². The highest BCUT2D eigenvalue weighted by Crippen LogP contribution is 2.26. The first-order valence-corrected chi connectivity index (χ1v) is 11.4. The van der Waals surface area contributed by atoms with E-state index in [1.54, 1.807) is 13.3 Å². The number of benzene rings is 1. The van der Waals surface area contributed by atoms with Gasteiger partial charge in [0.15, 0.2) is 5.82 Å². The van der Waals surface area contributed by atoms with Crippen LogP contribution < -0.4 is 21.1 Å². The second kappa shape index (κ2) is 10.8. The van der Waals surface area contributed by atoms with Crippen molar-refractivity contribution in [3.8, 4) is 5.75 Å². The summed E-state index contributed by atoms with van der Waals surface area (Å²) in [6.45, 7) is 5.00. The van der Waals surface area contributed by atoms with E-state index >= 15 is 0 Å². The summed E-state index contributed by atoms with van der Waals surface area (Å²) in [6, 6.07) is 6.78. The first-order valence-electron chi connectivity index (χ1n) is 11.4. The fraction of sp³-hybridized carbons (Fsp3) is 0.522. The maximum absolute atomic E-state index is 9.25. The Morgan fingerprint density at radius 2 is 2.12 bits per heavy atom. The molecule has 1 fully saturated rings. The fourth-order valence-corrected chi connectivity index (χ4v) is 4.09. The van der Waals surface area contributed by atoms with Crippen LogP contribution in [0.2, 0.25) is 0 Å². The predicted octanol–water partition coefficient (Wildman–Crippen LogP) is 1.92. The molecule has 1 aliphatic heterocycles. The second-order valence-electron chi connectivity index (χ2n) is 8.44. The lowest BCUT2D eigenvalue weighted by atomic mass is 10.1. The zero-order valence-corrected chi connectivity index (χ0v) is 19.3. The number of anilines is 2. The van der Waals surface area contributed by atoms with Crippen LogP contribution in [-0.2, 0) is 17.8 Å². The van der Waals surface area contributed by atoms with E-state index in [1.165, 1.54) is 5.56 Å². The summed E-state index contributed by atoms with van der Waals surface area (Å²) in [5.74, 6) is 1.59. The highest BCUT2D eigenvalue weighted by Gasteiger charge is 2.17. The van der Waals surface area contributed by atoms with Crippen LogP contribution in [0, 0.1) is 0 Å². The number of aromatic nitrogens is 4. The van der Waals surface area contributed by atoms with Gasteiger partial charge in [-0.2, -0.15) is 10.1 Å². The summed E-state index contributed by atoms with van der Waals surface area (Å²) in [6.07, 6.45) is 4.37. The largest absolute Gasteiger partial charge is 0.496 e. The van der Waals surface area contributed by atoms with E-state index in [4.69, 9.17) is 15.2 Å². The van der Waals surface area contributed by atoms with Gasteiger partial charge in [-0.3, -0.25) is 4.68 Å². The van der Waals surface area contributed by atoms with Gasteiger partial charge in [0, 0.05) is 44.0 Å². The van der Waals surface area contributed by atoms with Crippen molar-refractivity contribution >= 4 is 22.8 Å². The van der Waals surface area contributed by atoms with E-state index in [9.17, 15) is 5.11 Å². The zero-order chi connectivity index (χ0) is 23.2. The van der Waals surface area contributed by atoms with Crippen LogP contribution in [0.5, 0.6) is 5.75 Å². The molecular weight excluding hydrogens is 422 g/mol. The number of nitrogens with zero attached hydrogens (tertiary/aromatic N) is 4. The van der Waals surface area contributed by atoms with Crippen LogP contribution in [0.3, 0.4) is 0 Å². The third-order valence-electron chi connectivity index (χ3n) is 5.94. The van der Waals surface area contributed by atoms with Crippen LogP contribution in [0.4, 0.5) is 11.8 Å². The van der Waals surface area contributed by atoms with Crippen molar-refractivity contribution in [3.05, 3.63) is 35.5 Å². The molecule has 5 N–H and O–H groups in total. The summed E-state index contributed by atoms with van der Waals surface area (Å²) in [5, 5.41) is 20.7. The van der Waals surface area contributed by atoms with E-state index in [0.717, 1.165) is 49.4 Å². The van der Waals surface area contributed by atoms with E-state index in [1.807, 2.05) is 11.6 Å². The molecule has 10 heteroatoms. The molecule has 4 rings (SSSR count).